The number of carbonyl (C=O) groups is 2. The van der Waals surface area contributed by atoms with Crippen molar-refractivity contribution in [1.29, 1.82) is 0 Å². The summed E-state index contributed by atoms with van der Waals surface area (Å²) < 4.78 is 41.6. The van der Waals surface area contributed by atoms with Crippen molar-refractivity contribution in [2.45, 2.75) is 19.1 Å². The molecule has 0 aliphatic heterocycles. The Kier molecular flexibility index (Phi) is 6.46. The van der Waals surface area contributed by atoms with Gasteiger partial charge >= 0.3 is 18.0 Å². The van der Waals surface area contributed by atoms with Gasteiger partial charge in [-0.2, -0.15) is 18.2 Å². The summed E-state index contributed by atoms with van der Waals surface area (Å²) in [6, 6.07) is 4.11. The highest BCUT2D eigenvalue weighted by Gasteiger charge is 2.38. The minimum Gasteiger partial charge on any atom is -0.480 e. The third kappa shape index (κ3) is 5.36. The first-order valence-corrected chi connectivity index (χ1v) is 7.78. The lowest BCUT2D eigenvalue weighted by atomic mass is 10.1. The van der Waals surface area contributed by atoms with E-state index >= 15 is 0 Å². The molecule has 1 aromatic carbocycles. The van der Waals surface area contributed by atoms with Crippen molar-refractivity contribution >= 4 is 17.6 Å². The second-order valence-corrected chi connectivity index (χ2v) is 5.58. The van der Waals surface area contributed by atoms with Gasteiger partial charge < -0.3 is 20.1 Å². The van der Waals surface area contributed by atoms with Crippen LogP contribution >= 0.6 is 0 Å². The molecule has 0 radical (unpaired) electrons. The fourth-order valence-corrected chi connectivity index (χ4v) is 2.02. The van der Waals surface area contributed by atoms with Crippen LogP contribution in [0, 0.1) is 0 Å². The van der Waals surface area contributed by atoms with Crippen LogP contribution < -0.4 is 5.32 Å². The van der Waals surface area contributed by atoms with Crippen molar-refractivity contribution in [3.63, 3.8) is 0 Å². The Hall–Kier alpha value is -3.28. The molecule has 1 aromatic heterocycles. The number of hydrogen-bond acceptors (Lipinski definition) is 7. The molecule has 0 aliphatic carbocycles. The number of aliphatic imine (C=N–C) groups is 1. The molecule has 1 unspecified atom stereocenters. The van der Waals surface area contributed by atoms with Gasteiger partial charge in [0.05, 0.1) is 13.2 Å². The van der Waals surface area contributed by atoms with Crippen LogP contribution in [0.25, 0.3) is 11.4 Å². The molecule has 1 atom stereocenters. The molecule has 2 aromatic rings. The van der Waals surface area contributed by atoms with E-state index in [2.05, 4.69) is 25.0 Å². The molecule has 2 rings (SSSR count). The second-order valence-electron chi connectivity index (χ2n) is 5.58. The van der Waals surface area contributed by atoms with Gasteiger partial charge in [0.25, 0.3) is 5.91 Å². The molecule has 12 heteroatoms. The van der Waals surface area contributed by atoms with E-state index in [1.807, 2.05) is 0 Å². The summed E-state index contributed by atoms with van der Waals surface area (Å²) >= 11 is 0. The van der Waals surface area contributed by atoms with Crippen LogP contribution in [0.1, 0.15) is 23.2 Å². The van der Waals surface area contributed by atoms with Crippen molar-refractivity contribution in [1.82, 2.24) is 15.5 Å². The fraction of sp³-hybridized carbons (Fsp3) is 0.312. The molecular formula is C16H15F3N4O5. The third-order valence-corrected chi connectivity index (χ3v) is 3.41. The summed E-state index contributed by atoms with van der Waals surface area (Å²) in [6.07, 6.45) is -4.75. The average Bonchev–Trinajstić information content (AvgIpc) is 3.14. The molecule has 150 valence electrons. The number of aliphatic carboxylic acids is 1. The summed E-state index contributed by atoms with van der Waals surface area (Å²) in [4.78, 5) is 29.9. The van der Waals surface area contributed by atoms with Crippen LogP contribution in [-0.4, -0.2) is 57.1 Å². The monoisotopic (exact) mass is 400 g/mol. The van der Waals surface area contributed by atoms with Crippen LogP contribution in [-0.2, 0) is 11.0 Å². The lowest BCUT2D eigenvalue weighted by molar-refractivity contribution is -0.159. The summed E-state index contributed by atoms with van der Waals surface area (Å²) in [6.45, 7) is 0.766. The zero-order valence-corrected chi connectivity index (χ0v) is 14.4. The van der Waals surface area contributed by atoms with Crippen LogP contribution in [0.2, 0.25) is 0 Å². The Balaban J connectivity index is 2.01. The number of aromatic nitrogens is 2. The van der Waals surface area contributed by atoms with Crippen molar-refractivity contribution in [3.8, 4) is 11.4 Å². The highest BCUT2D eigenvalue weighted by molar-refractivity contribution is 5.98. The Morgan fingerprint density at radius 3 is 2.43 bits per heavy atom. The number of hydrogen-bond donors (Lipinski definition) is 3. The SMILES string of the molecule is CC(CNC(=O)c1ccc(-c2noc(C(F)(F)F)n2)cc1)=NC(CO)C(=O)O. The number of benzene rings is 1. The standard InChI is InChI=1S/C16H15F3N4O5/c1-8(21-11(7-24)14(26)27)6-20-13(25)10-4-2-9(3-5-10)12-22-15(28-23-12)16(17,18)19/h2-5,11,24H,6-7H2,1H3,(H,20,25)(H,26,27). The van der Waals surface area contributed by atoms with E-state index in [0.29, 0.717) is 0 Å². The molecule has 0 spiro atoms. The van der Waals surface area contributed by atoms with E-state index in [9.17, 15) is 22.8 Å². The zero-order chi connectivity index (χ0) is 20.9. The van der Waals surface area contributed by atoms with Gasteiger partial charge in [-0.3, -0.25) is 9.79 Å². The van der Waals surface area contributed by atoms with E-state index in [1.54, 1.807) is 0 Å². The molecule has 0 aliphatic rings. The number of rotatable bonds is 7. The van der Waals surface area contributed by atoms with E-state index in [1.165, 1.54) is 31.2 Å². The van der Waals surface area contributed by atoms with Gasteiger partial charge in [-0.1, -0.05) is 17.3 Å². The number of nitrogens with one attached hydrogen (secondary N) is 1. The number of carboxylic acid groups (broad SMARTS) is 1. The molecule has 0 bridgehead atoms. The number of nitrogens with zero attached hydrogens (tertiary/aromatic N) is 3. The van der Waals surface area contributed by atoms with Gasteiger partial charge in [0.15, 0.2) is 6.04 Å². The maximum Gasteiger partial charge on any atom is 0.471 e. The maximum absolute atomic E-state index is 12.5. The molecule has 0 fully saturated rings. The predicted octanol–water partition coefficient (Wildman–Crippen LogP) is 1.39. The lowest BCUT2D eigenvalue weighted by Crippen LogP contribution is -2.31. The number of carboxylic acids is 1. The van der Waals surface area contributed by atoms with Crippen LogP contribution in [0.5, 0.6) is 0 Å². The Morgan fingerprint density at radius 2 is 1.93 bits per heavy atom. The van der Waals surface area contributed by atoms with Gasteiger partial charge in [-0.25, -0.2) is 4.79 Å². The molecule has 9 nitrogen and oxygen atoms in total. The second kappa shape index (κ2) is 8.61. The number of aliphatic hydroxyl groups is 1. The zero-order valence-electron chi connectivity index (χ0n) is 14.4. The topological polar surface area (TPSA) is 138 Å². The molecule has 1 amide bonds. The molecule has 3 N–H and O–H groups in total. The first-order chi connectivity index (χ1) is 13.1. The summed E-state index contributed by atoms with van der Waals surface area (Å²) in [5.74, 6) is -3.55. The highest BCUT2D eigenvalue weighted by atomic mass is 19.4. The van der Waals surface area contributed by atoms with Crippen LogP contribution in [0.4, 0.5) is 13.2 Å². The van der Waals surface area contributed by atoms with Crippen molar-refractivity contribution < 1.29 is 37.5 Å². The van der Waals surface area contributed by atoms with Gasteiger partial charge in [-0.15, -0.1) is 0 Å². The summed E-state index contributed by atoms with van der Waals surface area (Å²) in [5, 5.41) is 23.5. The van der Waals surface area contributed by atoms with Crippen LogP contribution in [0.3, 0.4) is 0 Å². The maximum atomic E-state index is 12.5. The Morgan fingerprint density at radius 1 is 1.29 bits per heavy atom. The van der Waals surface area contributed by atoms with E-state index in [-0.39, 0.29) is 29.2 Å². The van der Waals surface area contributed by atoms with Crippen molar-refractivity contribution in [2.75, 3.05) is 13.2 Å². The van der Waals surface area contributed by atoms with Gasteiger partial charge in [-0.05, 0) is 19.1 Å². The van der Waals surface area contributed by atoms with Gasteiger partial charge in [0.1, 0.15) is 0 Å². The smallest absolute Gasteiger partial charge is 0.471 e. The molecule has 0 saturated carbocycles. The van der Waals surface area contributed by atoms with Crippen LogP contribution in [0.15, 0.2) is 33.8 Å². The highest BCUT2D eigenvalue weighted by Crippen LogP contribution is 2.29. The van der Waals surface area contributed by atoms with Crippen molar-refractivity contribution in [3.05, 3.63) is 35.7 Å². The number of alkyl halides is 3. The lowest BCUT2D eigenvalue weighted by Gasteiger charge is -2.08. The van der Waals surface area contributed by atoms with E-state index < -0.39 is 36.6 Å². The number of amides is 1. The summed E-state index contributed by atoms with van der Waals surface area (Å²) in [5.41, 5.74) is 0.715. The molecule has 0 saturated heterocycles. The summed E-state index contributed by atoms with van der Waals surface area (Å²) in [7, 11) is 0. The minimum atomic E-state index is -4.75. The normalized spacial score (nSPS) is 13.2. The van der Waals surface area contributed by atoms with Gasteiger partial charge in [0.2, 0.25) is 5.82 Å². The van der Waals surface area contributed by atoms with E-state index in [4.69, 9.17) is 10.2 Å². The van der Waals surface area contributed by atoms with E-state index in [0.717, 1.165) is 0 Å². The number of carbonyl (C=O) groups excluding carboxylic acids is 1. The average molecular weight is 400 g/mol. The quantitative estimate of drug-likeness (QED) is 0.597. The van der Waals surface area contributed by atoms with Gasteiger partial charge in [0, 0.05) is 16.8 Å². The predicted molar refractivity (Wildman–Crippen MR) is 88.7 cm³/mol. The third-order valence-electron chi connectivity index (χ3n) is 3.41. The first kappa shape index (κ1) is 21.0. The van der Waals surface area contributed by atoms with Crippen molar-refractivity contribution in [2.24, 2.45) is 4.99 Å². The number of aliphatic hydroxyl groups excluding tert-OH is 1. The molecule has 1 heterocycles. The Labute approximate surface area is 155 Å². The minimum absolute atomic E-state index is 0.0514. The number of halogens is 3. The molecule has 28 heavy (non-hydrogen) atoms. The largest absolute Gasteiger partial charge is 0.480 e. The first-order valence-electron chi connectivity index (χ1n) is 7.78. The molecular weight excluding hydrogens is 385 g/mol. The fourth-order valence-electron chi connectivity index (χ4n) is 2.02. The Bertz CT molecular complexity index is 877.